The number of hydrogen-bond donors (Lipinski definition) is 11. The molecular weight excluding hydrogens is 807 g/mol. The molecule has 22 heteroatoms. The van der Waals surface area contributed by atoms with Crippen molar-refractivity contribution in [3.05, 3.63) is 71.6 Å². The highest BCUT2D eigenvalue weighted by Crippen LogP contribution is 2.27. The first-order valence-corrected chi connectivity index (χ1v) is 20.2. The lowest BCUT2D eigenvalue weighted by Gasteiger charge is -2.32. The van der Waals surface area contributed by atoms with Crippen LogP contribution in [-0.4, -0.2) is 147 Å². The van der Waals surface area contributed by atoms with Crippen molar-refractivity contribution in [1.29, 1.82) is 0 Å². The molecule has 0 aliphatic carbocycles. The quantitative estimate of drug-likeness (QED) is 0.0755. The molecule has 0 saturated carbocycles. The zero-order chi connectivity index (χ0) is 44.1. The molecule has 7 atom stereocenters. The summed E-state index contributed by atoms with van der Waals surface area (Å²) >= 11 is 1.35. The summed E-state index contributed by atoms with van der Waals surface area (Å²) < 4.78 is 5.72. The van der Waals surface area contributed by atoms with Gasteiger partial charge in [0, 0.05) is 51.6 Å². The first-order chi connectivity index (χ1) is 28.4. The molecule has 0 spiro atoms. The van der Waals surface area contributed by atoms with E-state index in [1.807, 2.05) is 0 Å². The van der Waals surface area contributed by atoms with Gasteiger partial charge in [0.05, 0.1) is 6.04 Å². The second-order valence-electron chi connectivity index (χ2n) is 14.3. The van der Waals surface area contributed by atoms with Crippen LogP contribution in [0.1, 0.15) is 30.4 Å². The largest absolute Gasteiger partial charge is 0.508 e. The number of thioether (sulfide) groups is 1. The number of imide groups is 1. The number of carbonyl (C=O) groups excluding carboxylic acids is 6. The summed E-state index contributed by atoms with van der Waals surface area (Å²) in [5, 5.41) is 52.0. The normalized spacial score (nSPS) is 19.5. The first-order valence-electron chi connectivity index (χ1n) is 18.8. The van der Waals surface area contributed by atoms with Gasteiger partial charge in [-0.3, -0.25) is 29.4 Å². The number of carboxylic acid groups (broad SMARTS) is 1. The van der Waals surface area contributed by atoms with Gasteiger partial charge in [0.25, 0.3) is 0 Å². The average molecular weight is 858 g/mol. The molecular formula is C38H51N9O12S. The molecule has 0 aromatic heterocycles. The molecule has 0 radical (unpaired) electrons. The summed E-state index contributed by atoms with van der Waals surface area (Å²) in [6.07, 6.45) is 0.306. The number of ether oxygens (including phenoxy) is 1. The Morgan fingerprint density at radius 3 is 2.20 bits per heavy atom. The predicted octanol–water partition coefficient (Wildman–Crippen LogP) is -1.64. The molecule has 2 aromatic carbocycles. The Morgan fingerprint density at radius 2 is 1.60 bits per heavy atom. The van der Waals surface area contributed by atoms with Crippen molar-refractivity contribution < 1.29 is 58.7 Å². The number of phenolic OH excluding ortho intramolecular Hbond substituents is 2. The van der Waals surface area contributed by atoms with Crippen LogP contribution in [0.4, 0.5) is 9.59 Å². The Labute approximate surface area is 349 Å². The number of likely N-dealkylation sites (N-methyl/N-ethyl adjacent to an activating group) is 1. The van der Waals surface area contributed by atoms with Crippen LogP contribution < -0.4 is 38.1 Å². The number of aliphatic hydroxyl groups is 1. The third-order valence-electron chi connectivity index (χ3n) is 9.56. The lowest BCUT2D eigenvalue weighted by molar-refractivity contribution is -0.139. The highest BCUT2D eigenvalue weighted by atomic mass is 32.2. The van der Waals surface area contributed by atoms with Crippen LogP contribution in [0.15, 0.2) is 60.5 Å². The summed E-state index contributed by atoms with van der Waals surface area (Å²) in [4.78, 5) is 92.5. The molecule has 8 amide bonds. The van der Waals surface area contributed by atoms with E-state index in [2.05, 4.69) is 26.6 Å². The van der Waals surface area contributed by atoms with Gasteiger partial charge >= 0.3 is 18.0 Å². The van der Waals surface area contributed by atoms with E-state index in [0.29, 0.717) is 16.9 Å². The van der Waals surface area contributed by atoms with E-state index < -0.39 is 90.7 Å². The topological polar surface area (TPSA) is 328 Å². The lowest BCUT2D eigenvalue weighted by Crippen LogP contribution is -2.60. The maximum Gasteiger partial charge on any atom is 0.327 e. The molecule has 60 heavy (non-hydrogen) atoms. The number of aliphatic hydroxyl groups excluding tert-OH is 1. The predicted molar refractivity (Wildman–Crippen MR) is 216 cm³/mol. The van der Waals surface area contributed by atoms with Crippen molar-refractivity contribution in [3.63, 3.8) is 0 Å². The Bertz CT molecular complexity index is 1940. The number of nitrogens with one attached hydrogen (secondary N) is 5. The molecule has 21 nitrogen and oxygen atoms in total. The first kappa shape index (κ1) is 46.6. The molecule has 13 N–H and O–H groups in total. The minimum atomic E-state index is -1.52. The number of nitrogens with two attached hydrogens (primary N) is 2. The number of phenols is 2. The zero-order valence-corrected chi connectivity index (χ0v) is 33.7. The van der Waals surface area contributed by atoms with Crippen LogP contribution in [0.25, 0.3) is 0 Å². The van der Waals surface area contributed by atoms with E-state index in [1.54, 1.807) is 24.5 Å². The fraction of sp³-hybridized carbons (Fsp3) is 0.447. The van der Waals surface area contributed by atoms with E-state index in [-0.39, 0.29) is 55.9 Å². The highest BCUT2D eigenvalue weighted by Gasteiger charge is 2.40. The van der Waals surface area contributed by atoms with Crippen molar-refractivity contribution in [3.8, 4) is 11.5 Å². The summed E-state index contributed by atoms with van der Waals surface area (Å²) in [7, 11) is 1.33. The number of carboxylic acids is 1. The van der Waals surface area contributed by atoms with Gasteiger partial charge in [-0.05, 0) is 60.2 Å². The molecule has 3 unspecified atom stereocenters. The van der Waals surface area contributed by atoms with Crippen molar-refractivity contribution in [2.75, 3.05) is 32.1 Å². The third-order valence-corrected chi connectivity index (χ3v) is 10.2. The van der Waals surface area contributed by atoms with Gasteiger partial charge in [-0.2, -0.15) is 11.8 Å². The van der Waals surface area contributed by atoms with Crippen molar-refractivity contribution in [2.24, 2.45) is 11.5 Å². The molecule has 326 valence electrons. The van der Waals surface area contributed by atoms with Crippen molar-refractivity contribution >= 4 is 53.4 Å². The second-order valence-corrected chi connectivity index (χ2v) is 15.2. The zero-order valence-electron chi connectivity index (χ0n) is 32.9. The fourth-order valence-electron chi connectivity index (χ4n) is 6.36. The number of amides is 8. The number of hydrogen-bond acceptors (Lipinski definition) is 14. The third kappa shape index (κ3) is 13.5. The number of aliphatic carboxylic acids is 1. The Balaban J connectivity index is 1.50. The molecule has 2 aliphatic rings. The van der Waals surface area contributed by atoms with E-state index in [1.165, 1.54) is 49.1 Å². The van der Waals surface area contributed by atoms with Crippen LogP contribution >= 0.6 is 11.8 Å². The van der Waals surface area contributed by atoms with Gasteiger partial charge in [-0.25, -0.2) is 14.4 Å². The maximum absolute atomic E-state index is 13.9. The molecule has 2 aromatic rings. The van der Waals surface area contributed by atoms with Gasteiger partial charge in [0.1, 0.15) is 41.5 Å². The van der Waals surface area contributed by atoms with Crippen LogP contribution in [0.2, 0.25) is 0 Å². The van der Waals surface area contributed by atoms with Crippen molar-refractivity contribution in [1.82, 2.24) is 36.4 Å². The maximum atomic E-state index is 13.9. The number of aromatic hydroxyl groups is 2. The Kier molecular flexibility index (Phi) is 16.9. The molecule has 0 bridgehead atoms. The molecule has 2 fully saturated rings. The van der Waals surface area contributed by atoms with Crippen LogP contribution in [0, 0.1) is 0 Å². The second kappa shape index (κ2) is 21.8. The van der Waals surface area contributed by atoms with E-state index >= 15 is 0 Å². The van der Waals surface area contributed by atoms with E-state index in [4.69, 9.17) is 16.2 Å². The number of rotatable bonds is 19. The smallest absolute Gasteiger partial charge is 0.327 e. The summed E-state index contributed by atoms with van der Waals surface area (Å²) in [5.74, 6) is -4.00. The molecule has 2 saturated heterocycles. The number of benzene rings is 2. The number of urea groups is 2. The van der Waals surface area contributed by atoms with Crippen LogP contribution in [0.3, 0.4) is 0 Å². The minimum absolute atomic E-state index is 0.00404. The minimum Gasteiger partial charge on any atom is -0.508 e. The molecule has 2 aliphatic heterocycles. The number of carbonyl (C=O) groups is 7. The van der Waals surface area contributed by atoms with Gasteiger partial charge in [0.2, 0.25) is 29.9 Å². The standard InChI is InChI=1S/C38H51N9O12S/c1-46(34(54)31(40)25(39)15-20-5-3-7-22(48)13-20)19-28(32(52)41-18-24-17-29(50)35(59-24)47-11-9-30(51)45-38(47)58)42-33(53)26(10-12-60-2)43-37(57)44-27(36(55)56)16-21-6-4-8-23(49)14-21/h3-8,13-14,18,25-29,31,35,48-50H,9-12,15-17,19,39-40H2,1-2H3,(H,41,52)(H,42,53)(H,55,56)(H2,43,44,57)(H,45,51,58)/b24-18-/t25?,26-,27?,28?,29+,31-,35+/m0/s1. The monoisotopic (exact) mass is 857 g/mol. The fourth-order valence-corrected chi connectivity index (χ4v) is 6.83. The van der Waals surface area contributed by atoms with E-state index in [0.717, 1.165) is 16.0 Å². The SMILES string of the molecule is CSCC[C@H](NC(=O)NC(Cc1cccc(O)c1)C(=O)O)C(=O)NC(CN(C)C(=O)[C@@H](N)C(N)Cc1cccc(O)c1)C(=O)N/C=C1/C[C@@H](O)[C@H](N2CCC(=O)NC2=O)O1. The highest BCUT2D eigenvalue weighted by molar-refractivity contribution is 7.98. The average Bonchev–Trinajstić information content (AvgIpc) is 3.56. The Hall–Kier alpha value is -6.10. The summed E-state index contributed by atoms with van der Waals surface area (Å²) in [6.45, 7) is -0.481. The van der Waals surface area contributed by atoms with E-state index in [9.17, 15) is 54.0 Å². The number of nitrogens with zero attached hydrogens (tertiary/aromatic N) is 2. The van der Waals surface area contributed by atoms with Crippen LogP contribution in [-0.2, 0) is 41.6 Å². The molecule has 2 heterocycles. The summed E-state index contributed by atoms with van der Waals surface area (Å²) in [5.41, 5.74) is 13.5. The van der Waals surface area contributed by atoms with Gasteiger partial charge in [0.15, 0.2) is 0 Å². The Morgan fingerprint density at radius 1 is 0.967 bits per heavy atom. The van der Waals surface area contributed by atoms with Crippen molar-refractivity contribution in [2.45, 2.75) is 74.6 Å². The summed E-state index contributed by atoms with van der Waals surface area (Å²) in [6, 6.07) is 3.83. The van der Waals surface area contributed by atoms with Gasteiger partial charge in [-0.1, -0.05) is 24.3 Å². The van der Waals surface area contributed by atoms with Gasteiger partial charge in [-0.15, -0.1) is 0 Å². The van der Waals surface area contributed by atoms with Gasteiger partial charge < -0.3 is 62.8 Å². The molecule has 4 rings (SSSR count). The van der Waals surface area contributed by atoms with Crippen LogP contribution in [0.5, 0.6) is 11.5 Å². The lowest BCUT2D eigenvalue weighted by atomic mass is 9.99.